The molecule has 0 radical (unpaired) electrons. The second kappa shape index (κ2) is 10.3. The van der Waals surface area contributed by atoms with Crippen molar-refractivity contribution in [2.24, 2.45) is 7.05 Å². The minimum Gasteiger partial charge on any atom is -0.324 e. The first kappa shape index (κ1) is 25.5. The van der Waals surface area contributed by atoms with Crippen LogP contribution in [0.25, 0.3) is 11.0 Å². The second-order valence-electron chi connectivity index (χ2n) is 10.7. The Hall–Kier alpha value is -2.13. The number of hydrogen-bond acceptors (Lipinski definition) is 5. The summed E-state index contributed by atoms with van der Waals surface area (Å²) in [6.45, 7) is 3.10. The maximum atomic E-state index is 12.9. The summed E-state index contributed by atoms with van der Waals surface area (Å²) in [7, 11) is -1.67. The van der Waals surface area contributed by atoms with Crippen LogP contribution in [0, 0.1) is 0 Å². The van der Waals surface area contributed by atoms with Crippen molar-refractivity contribution in [1.29, 1.82) is 0 Å². The lowest BCUT2D eigenvalue weighted by Gasteiger charge is -2.35. The van der Waals surface area contributed by atoms with E-state index < -0.39 is 10.0 Å². The quantitative estimate of drug-likeness (QED) is 0.333. The number of anilines is 2. The third-order valence-electron chi connectivity index (χ3n) is 7.79. The molecule has 3 N–H and O–H groups in total. The van der Waals surface area contributed by atoms with E-state index in [-0.39, 0.29) is 16.5 Å². The first-order chi connectivity index (χ1) is 17.2. The number of hydrogen-bond donors (Lipinski definition) is 3. The van der Waals surface area contributed by atoms with Crippen LogP contribution < -0.4 is 15.4 Å². The Labute approximate surface area is 219 Å². The Morgan fingerprint density at radius 2 is 1.81 bits per heavy atom. The van der Waals surface area contributed by atoms with Crippen molar-refractivity contribution in [2.75, 3.05) is 5.32 Å². The van der Waals surface area contributed by atoms with Gasteiger partial charge >= 0.3 is 0 Å². The molecular weight excluding hydrogens is 494 g/mol. The summed E-state index contributed by atoms with van der Waals surface area (Å²) in [5, 5.41) is 7.72. The van der Waals surface area contributed by atoms with Crippen LogP contribution in [0.5, 0.6) is 0 Å². The molecule has 5 rings (SSSR count). The minimum atomic E-state index is -3.58. The molecule has 3 aromatic rings. The predicted molar refractivity (Wildman–Crippen MR) is 146 cm³/mol. The third kappa shape index (κ3) is 5.57. The van der Waals surface area contributed by atoms with E-state index in [9.17, 15) is 8.42 Å². The van der Waals surface area contributed by atoms with Crippen molar-refractivity contribution in [2.45, 2.75) is 87.7 Å². The van der Waals surface area contributed by atoms with E-state index in [1.807, 2.05) is 23.7 Å². The van der Waals surface area contributed by atoms with Gasteiger partial charge in [0.05, 0.1) is 26.6 Å². The first-order valence-electron chi connectivity index (χ1n) is 13.0. The molecule has 194 valence electrons. The number of benzene rings is 2. The highest BCUT2D eigenvalue weighted by Gasteiger charge is 2.26. The third-order valence-corrected chi connectivity index (χ3v) is 9.64. The van der Waals surface area contributed by atoms with E-state index in [1.54, 1.807) is 12.1 Å². The molecule has 0 bridgehead atoms. The number of sulfonamides is 1. The van der Waals surface area contributed by atoms with Crippen molar-refractivity contribution >= 4 is 44.3 Å². The number of rotatable bonds is 8. The van der Waals surface area contributed by atoms with Crippen LogP contribution in [0.15, 0.2) is 41.3 Å². The lowest BCUT2D eigenvalue weighted by molar-refractivity contribution is 0.252. The van der Waals surface area contributed by atoms with Gasteiger partial charge in [-0.25, -0.2) is 18.1 Å². The van der Waals surface area contributed by atoms with Gasteiger partial charge in [-0.2, -0.15) is 0 Å². The lowest BCUT2D eigenvalue weighted by atomic mass is 9.83. The summed E-state index contributed by atoms with van der Waals surface area (Å²) in [6.07, 6.45) is 10.2. The van der Waals surface area contributed by atoms with E-state index in [1.165, 1.54) is 32.1 Å². The summed E-state index contributed by atoms with van der Waals surface area (Å²) in [5.41, 5.74) is 3.58. The van der Waals surface area contributed by atoms with Crippen LogP contribution in [0.1, 0.15) is 70.3 Å². The molecule has 1 heterocycles. The van der Waals surface area contributed by atoms with Crippen LogP contribution >= 0.6 is 11.6 Å². The molecule has 0 amide bonds. The monoisotopic (exact) mass is 529 g/mol. The number of fused-ring (bicyclic) bond motifs is 1. The molecule has 0 unspecified atom stereocenters. The fraction of sp³-hybridized carbons (Fsp3) is 0.519. The van der Waals surface area contributed by atoms with Gasteiger partial charge in [0.1, 0.15) is 0 Å². The highest BCUT2D eigenvalue weighted by Crippen LogP contribution is 2.31. The Kier molecular flexibility index (Phi) is 7.32. The van der Waals surface area contributed by atoms with Crippen molar-refractivity contribution < 1.29 is 8.42 Å². The Morgan fingerprint density at radius 3 is 2.56 bits per heavy atom. The molecule has 2 aromatic carbocycles. The van der Waals surface area contributed by atoms with E-state index in [2.05, 4.69) is 34.4 Å². The van der Waals surface area contributed by atoms with Gasteiger partial charge in [0.25, 0.3) is 0 Å². The highest BCUT2D eigenvalue weighted by molar-refractivity contribution is 7.89. The van der Waals surface area contributed by atoms with Gasteiger partial charge in [-0.15, -0.1) is 0 Å². The molecule has 2 aliphatic rings. The van der Waals surface area contributed by atoms with E-state index in [0.717, 1.165) is 49.0 Å². The summed E-state index contributed by atoms with van der Waals surface area (Å²) in [5.74, 6) is 0.606. The molecule has 36 heavy (non-hydrogen) atoms. The van der Waals surface area contributed by atoms with Gasteiger partial charge < -0.3 is 15.2 Å². The van der Waals surface area contributed by atoms with Gasteiger partial charge in [-0.05, 0) is 68.5 Å². The van der Waals surface area contributed by atoms with Gasteiger partial charge in [-0.3, -0.25) is 0 Å². The Bertz CT molecular complexity index is 1340. The molecule has 0 atom stereocenters. The zero-order chi connectivity index (χ0) is 25.3. The zero-order valence-electron chi connectivity index (χ0n) is 21.1. The topological polar surface area (TPSA) is 88.1 Å². The van der Waals surface area contributed by atoms with E-state index >= 15 is 0 Å². The van der Waals surface area contributed by atoms with Gasteiger partial charge in [0.2, 0.25) is 16.0 Å². The molecule has 2 fully saturated rings. The minimum absolute atomic E-state index is 0.0243. The van der Waals surface area contributed by atoms with Crippen LogP contribution in [0.2, 0.25) is 5.02 Å². The maximum Gasteiger partial charge on any atom is 0.240 e. The van der Waals surface area contributed by atoms with Crippen molar-refractivity contribution in [3.63, 3.8) is 0 Å². The van der Waals surface area contributed by atoms with Crippen molar-refractivity contribution in [1.82, 2.24) is 19.6 Å². The number of halogens is 1. The predicted octanol–water partition coefficient (Wildman–Crippen LogP) is 6.00. The molecular formula is C27H36ClN5O2S. The number of imidazole rings is 1. The second-order valence-corrected chi connectivity index (χ2v) is 12.8. The lowest BCUT2D eigenvalue weighted by Crippen LogP contribution is -2.43. The summed E-state index contributed by atoms with van der Waals surface area (Å²) >= 11 is 6.53. The Morgan fingerprint density at radius 1 is 1.06 bits per heavy atom. The van der Waals surface area contributed by atoms with Crippen LogP contribution in [-0.4, -0.2) is 29.5 Å². The number of aryl methyl sites for hydroxylation is 1. The van der Waals surface area contributed by atoms with Crippen LogP contribution in [0.4, 0.5) is 11.6 Å². The van der Waals surface area contributed by atoms with Gasteiger partial charge in [-0.1, -0.05) is 49.8 Å². The summed E-state index contributed by atoms with van der Waals surface area (Å²) < 4.78 is 30.6. The molecule has 1 aromatic heterocycles. The molecule has 7 nitrogen and oxygen atoms in total. The number of nitrogens with zero attached hydrogens (tertiary/aromatic N) is 2. The normalized spacial score (nSPS) is 18.6. The average molecular weight is 530 g/mol. The number of nitrogens with one attached hydrogen (secondary N) is 3. The van der Waals surface area contributed by atoms with Crippen LogP contribution in [0.3, 0.4) is 0 Å². The molecule has 9 heteroatoms. The maximum absolute atomic E-state index is 12.9. The van der Waals surface area contributed by atoms with E-state index in [4.69, 9.17) is 16.6 Å². The highest BCUT2D eigenvalue weighted by atomic mass is 35.5. The van der Waals surface area contributed by atoms with Crippen LogP contribution in [-0.2, 0) is 23.6 Å². The SMILES string of the molecule is Cn1c(Nc2cc(CNC3(C)CCCCC3)ccc2Cl)nc2cc(S(=O)(=O)NC3CCCC3)ccc21. The van der Waals surface area contributed by atoms with Gasteiger partial charge in [0.15, 0.2) is 0 Å². The summed E-state index contributed by atoms with van der Waals surface area (Å²) in [6, 6.07) is 11.1. The van der Waals surface area contributed by atoms with E-state index in [0.29, 0.717) is 16.5 Å². The fourth-order valence-electron chi connectivity index (χ4n) is 5.51. The molecule has 2 aliphatic carbocycles. The van der Waals surface area contributed by atoms with Crippen molar-refractivity contribution in [3.05, 3.63) is 47.0 Å². The molecule has 0 saturated heterocycles. The standard InChI is InChI=1S/C27H36ClN5O2S/c1-27(14-6-3-7-15-27)29-18-19-10-12-22(28)23(16-19)30-26-31-24-17-21(11-13-25(24)33(26)2)36(34,35)32-20-8-4-5-9-20/h10-13,16-17,20,29,32H,3-9,14-15,18H2,1-2H3,(H,30,31). The molecule has 0 aliphatic heterocycles. The zero-order valence-corrected chi connectivity index (χ0v) is 22.7. The van der Waals surface area contributed by atoms with Crippen molar-refractivity contribution in [3.8, 4) is 0 Å². The largest absolute Gasteiger partial charge is 0.324 e. The Balaban J connectivity index is 1.34. The summed E-state index contributed by atoms with van der Waals surface area (Å²) in [4.78, 5) is 4.94. The smallest absolute Gasteiger partial charge is 0.240 e. The number of aromatic nitrogens is 2. The molecule has 0 spiro atoms. The fourth-order valence-corrected chi connectivity index (χ4v) is 7.00. The van der Waals surface area contributed by atoms with Gasteiger partial charge in [0, 0.05) is 25.2 Å². The molecule has 2 saturated carbocycles. The average Bonchev–Trinajstić information content (AvgIpc) is 3.47. The first-order valence-corrected chi connectivity index (χ1v) is 14.9.